The topological polar surface area (TPSA) is 117 Å². The lowest BCUT2D eigenvalue weighted by molar-refractivity contribution is -0.0499. The molecule has 3 aromatic carbocycles. The molecule has 0 amide bonds. The summed E-state index contributed by atoms with van der Waals surface area (Å²) in [4.78, 5) is 0. The molecule has 1 heterocycles. The summed E-state index contributed by atoms with van der Waals surface area (Å²) in [6.45, 7) is 0. The second-order valence-corrected chi connectivity index (χ2v) is 8.61. The highest BCUT2D eigenvalue weighted by Crippen LogP contribution is 2.45. The Labute approximate surface area is 180 Å². The van der Waals surface area contributed by atoms with Gasteiger partial charge in [0.15, 0.2) is 23.0 Å². The summed E-state index contributed by atoms with van der Waals surface area (Å²) in [5.74, 6) is -2.43. The highest BCUT2D eigenvalue weighted by Gasteiger charge is 2.48. The molecule has 7 nitrogen and oxygen atoms in total. The fraction of sp³-hybridized carbons (Fsp3) is 0.0526. The molecule has 1 aromatic heterocycles. The minimum Gasteiger partial charge on any atom is -0.505 e. The van der Waals surface area contributed by atoms with Gasteiger partial charge in [0.05, 0.1) is 5.39 Å². The van der Waals surface area contributed by atoms with Gasteiger partial charge in [0.25, 0.3) is 0 Å². The lowest BCUT2D eigenvalue weighted by Gasteiger charge is -2.15. The molecule has 0 radical (unpaired) electrons. The molecular weight excluding hydrogens is 451 g/mol. The monoisotopic (exact) mass is 464 g/mol. The number of fused-ring (bicyclic) bond motifs is 3. The van der Waals surface area contributed by atoms with E-state index in [4.69, 9.17) is 4.42 Å². The third-order valence-corrected chi connectivity index (χ3v) is 6.18. The van der Waals surface area contributed by atoms with Crippen LogP contribution >= 0.6 is 0 Å². The minimum absolute atomic E-state index is 0.0194. The molecule has 164 valence electrons. The van der Waals surface area contributed by atoms with E-state index in [9.17, 15) is 36.9 Å². The molecule has 0 atom stereocenters. The third-order valence-electron chi connectivity index (χ3n) is 5.21. The minimum atomic E-state index is -5.92. The third kappa shape index (κ3) is 3.11. The van der Waals surface area contributed by atoms with Gasteiger partial charge in [0.2, 0.25) is 0 Å². The highest BCUT2D eigenvalue weighted by molar-refractivity contribution is 7.88. The van der Waals surface area contributed by atoms with Gasteiger partial charge in [-0.05, 0) is 17.6 Å². The Bertz CT molecular complexity index is 1480. The van der Waals surface area contributed by atoms with E-state index in [0.29, 0.717) is 10.9 Å². The van der Waals surface area contributed by atoms with E-state index >= 15 is 0 Å². The summed E-state index contributed by atoms with van der Waals surface area (Å²) in [7, 11) is -2.80. The number of rotatable bonds is 3. The largest absolute Gasteiger partial charge is 0.534 e. The predicted octanol–water partition coefficient (Wildman–Crippen LogP) is 1.11. The maximum absolute atomic E-state index is 12.8. The van der Waals surface area contributed by atoms with Gasteiger partial charge >= 0.3 is 15.6 Å². The van der Waals surface area contributed by atoms with Crippen LogP contribution in [-0.2, 0) is 10.1 Å². The summed E-state index contributed by atoms with van der Waals surface area (Å²) in [6.07, 6.45) is 0. The van der Waals surface area contributed by atoms with Crippen LogP contribution in [0.3, 0.4) is 0 Å². The normalized spacial score (nSPS) is 12.5. The molecule has 0 bridgehead atoms. The number of hydrogen-bond acceptors (Lipinski definition) is 7. The zero-order valence-electron chi connectivity index (χ0n) is 16.5. The van der Waals surface area contributed by atoms with Crippen molar-refractivity contribution < 1.29 is 45.5 Å². The van der Waals surface area contributed by atoms with Crippen molar-refractivity contribution in [1.29, 1.82) is 0 Å². The maximum atomic E-state index is 12.8. The number of phenolic OH excluding ortho intramolecular Hbond substituents is 3. The number of para-hydroxylation sites is 1. The summed E-state index contributed by atoms with van der Waals surface area (Å²) < 4.78 is 71.7. The summed E-state index contributed by atoms with van der Waals surface area (Å²) >= 11 is 0. The second-order valence-electron chi connectivity index (χ2n) is 7.07. The summed E-state index contributed by atoms with van der Waals surface area (Å²) in [5.41, 5.74) is -4.37. The molecule has 0 spiro atoms. The number of alkyl halides is 3. The van der Waals surface area contributed by atoms with E-state index in [-0.39, 0.29) is 33.1 Å². The maximum Gasteiger partial charge on any atom is 0.534 e. The Morgan fingerprint density at radius 1 is 0.906 bits per heavy atom. The average molecular weight is 464 g/mol. The van der Waals surface area contributed by atoms with E-state index < -0.39 is 38.6 Å². The van der Waals surface area contributed by atoms with E-state index in [1.165, 1.54) is 38.2 Å². The first-order valence-electron chi connectivity index (χ1n) is 9.04. The van der Waals surface area contributed by atoms with Crippen molar-refractivity contribution in [3.8, 4) is 34.1 Å². The first-order chi connectivity index (χ1) is 14.8. The van der Waals surface area contributed by atoms with Gasteiger partial charge in [-0.3, -0.25) is 0 Å². The first-order valence-corrected chi connectivity index (χ1v) is 10.5. The van der Waals surface area contributed by atoms with Crippen LogP contribution in [0, 0.1) is 0 Å². The van der Waals surface area contributed by atoms with Crippen LogP contribution in [-0.4, -0.2) is 44.9 Å². The predicted molar refractivity (Wildman–Crippen MR) is 116 cm³/mol. The number of halogens is 3. The molecule has 0 unspecified atom stereocenters. The molecule has 4 aromatic rings. The number of aromatic hydroxyl groups is 3. The number of benzene rings is 3. The Hall–Kier alpha value is -3.47. The highest BCUT2D eigenvalue weighted by atomic mass is 32.2. The van der Waals surface area contributed by atoms with Crippen molar-refractivity contribution in [2.24, 2.45) is 0 Å². The number of hydrogen-bond donors (Lipinski definition) is 3. The molecule has 0 aliphatic heterocycles. The second kappa shape index (κ2) is 7.02. The standard InChI is InChI=1S/C19H13B2F3O7S/c20-13-12(15(25)17(27)16(26)14(13)21)8-4-1-3-7-11-9(30-18(7)8)5-2-6-10(11)31-32(28,29)19(22,23)24/h1-6,25-27H,20-21H2. The zero-order valence-corrected chi connectivity index (χ0v) is 17.3. The van der Waals surface area contributed by atoms with Crippen molar-refractivity contribution in [2.45, 2.75) is 5.51 Å². The summed E-state index contributed by atoms with van der Waals surface area (Å²) in [5, 5.41) is 30.8. The quantitative estimate of drug-likeness (QED) is 0.180. The first kappa shape index (κ1) is 21.8. The number of phenols is 3. The molecule has 0 fully saturated rings. The van der Waals surface area contributed by atoms with Gasteiger partial charge in [-0.15, -0.1) is 0 Å². The molecule has 3 N–H and O–H groups in total. The van der Waals surface area contributed by atoms with E-state index in [1.54, 1.807) is 7.85 Å². The molecule has 4 rings (SSSR count). The van der Waals surface area contributed by atoms with Crippen molar-refractivity contribution in [3.05, 3.63) is 36.4 Å². The molecule has 0 saturated heterocycles. The lowest BCUT2D eigenvalue weighted by Crippen LogP contribution is -2.28. The Balaban J connectivity index is 2.04. The molecule has 0 aliphatic rings. The van der Waals surface area contributed by atoms with Crippen LogP contribution in [0.1, 0.15) is 0 Å². The van der Waals surface area contributed by atoms with Crippen molar-refractivity contribution in [3.63, 3.8) is 0 Å². The molecular formula is C19H13B2F3O7S. The zero-order chi connectivity index (χ0) is 23.6. The Kier molecular flexibility index (Phi) is 4.77. The van der Waals surface area contributed by atoms with Crippen molar-refractivity contribution in [2.75, 3.05) is 0 Å². The van der Waals surface area contributed by atoms with Gasteiger partial charge in [0, 0.05) is 16.5 Å². The average Bonchev–Trinajstić information content (AvgIpc) is 3.10. The van der Waals surface area contributed by atoms with Crippen molar-refractivity contribution >= 4 is 58.7 Å². The van der Waals surface area contributed by atoms with Crippen LogP contribution in [0.25, 0.3) is 33.1 Å². The van der Waals surface area contributed by atoms with Gasteiger partial charge in [-0.1, -0.05) is 29.7 Å². The van der Waals surface area contributed by atoms with E-state index in [1.807, 2.05) is 0 Å². The smallest absolute Gasteiger partial charge is 0.505 e. The molecule has 32 heavy (non-hydrogen) atoms. The van der Waals surface area contributed by atoms with Crippen molar-refractivity contribution in [1.82, 2.24) is 0 Å². The lowest BCUT2D eigenvalue weighted by atomic mass is 9.74. The van der Waals surface area contributed by atoms with Gasteiger partial charge in [-0.2, -0.15) is 21.6 Å². The fourth-order valence-electron chi connectivity index (χ4n) is 3.53. The van der Waals surface area contributed by atoms with Crippen LogP contribution in [0.15, 0.2) is 40.8 Å². The van der Waals surface area contributed by atoms with E-state index in [0.717, 1.165) is 6.07 Å². The van der Waals surface area contributed by atoms with E-state index in [2.05, 4.69) is 4.18 Å². The van der Waals surface area contributed by atoms with Gasteiger partial charge in [-0.25, -0.2) is 0 Å². The van der Waals surface area contributed by atoms with Crippen LogP contribution in [0.2, 0.25) is 0 Å². The number of furan rings is 1. The fourth-order valence-corrected chi connectivity index (χ4v) is 4.00. The Morgan fingerprint density at radius 3 is 2.22 bits per heavy atom. The molecule has 0 saturated carbocycles. The molecule has 0 aliphatic carbocycles. The van der Waals surface area contributed by atoms with Crippen LogP contribution in [0.5, 0.6) is 23.0 Å². The Morgan fingerprint density at radius 2 is 1.56 bits per heavy atom. The van der Waals surface area contributed by atoms with Gasteiger partial charge in [0.1, 0.15) is 26.9 Å². The summed E-state index contributed by atoms with van der Waals surface area (Å²) in [6, 6.07) is 8.28. The molecule has 13 heteroatoms. The van der Waals surface area contributed by atoms with Crippen LogP contribution in [0.4, 0.5) is 13.2 Å². The van der Waals surface area contributed by atoms with Gasteiger partial charge < -0.3 is 23.9 Å². The van der Waals surface area contributed by atoms with Crippen LogP contribution < -0.4 is 15.1 Å². The SMILES string of the molecule is Bc1c(B)c(-c2cccc3c2oc2cccc(OS(=O)(=O)C(F)(F)F)c23)c(O)c(O)c1O.